The van der Waals surface area contributed by atoms with Crippen LogP contribution in [-0.4, -0.2) is 68.0 Å². The van der Waals surface area contributed by atoms with Crippen molar-refractivity contribution in [1.29, 1.82) is 0 Å². The highest BCUT2D eigenvalue weighted by atomic mass is 32.2. The van der Waals surface area contributed by atoms with Gasteiger partial charge in [-0.25, -0.2) is 31.6 Å². The molecule has 260 valence electrons. The summed E-state index contributed by atoms with van der Waals surface area (Å²) in [5.41, 5.74) is 5.61. The van der Waals surface area contributed by atoms with E-state index in [-0.39, 0.29) is 27.5 Å². The van der Waals surface area contributed by atoms with Crippen LogP contribution in [0.1, 0.15) is 49.3 Å². The van der Waals surface area contributed by atoms with Crippen molar-refractivity contribution in [1.82, 2.24) is 15.3 Å². The van der Waals surface area contributed by atoms with Gasteiger partial charge >= 0.3 is 5.97 Å². The highest BCUT2D eigenvalue weighted by Crippen LogP contribution is 2.27. The minimum atomic E-state index is -3.54. The van der Waals surface area contributed by atoms with Crippen LogP contribution < -0.4 is 5.32 Å². The lowest BCUT2D eigenvalue weighted by molar-refractivity contribution is 0.0696. The Morgan fingerprint density at radius 1 is 0.660 bits per heavy atom. The number of sulfone groups is 2. The second-order valence-electron chi connectivity index (χ2n) is 11.8. The second kappa shape index (κ2) is 15.5. The summed E-state index contributed by atoms with van der Waals surface area (Å²) in [5, 5.41) is 21.5. The molecule has 11 nitrogen and oxygen atoms in total. The van der Waals surface area contributed by atoms with Gasteiger partial charge in [0.25, 0.3) is 5.91 Å². The molecule has 5 rings (SSSR count). The number of nitrogens with zero attached hydrogens (tertiary/aromatic N) is 2. The van der Waals surface area contributed by atoms with Crippen LogP contribution in [0.25, 0.3) is 22.3 Å². The third kappa shape index (κ3) is 9.91. The molecule has 0 fully saturated rings. The summed E-state index contributed by atoms with van der Waals surface area (Å²) in [6.07, 6.45) is 5.23. The summed E-state index contributed by atoms with van der Waals surface area (Å²) < 4.78 is 47.7. The van der Waals surface area contributed by atoms with E-state index in [4.69, 9.17) is 5.11 Å². The van der Waals surface area contributed by atoms with Crippen molar-refractivity contribution in [3.8, 4) is 22.3 Å². The number of hydrogen-bond donors (Lipinski definition) is 3. The number of carboxylic acid groups (broad SMARTS) is 1. The molecule has 1 amide bonds. The lowest BCUT2D eigenvalue weighted by atomic mass is 10.0. The first-order valence-corrected chi connectivity index (χ1v) is 19.0. The third-order valence-corrected chi connectivity index (χ3v) is 9.82. The Labute approximate surface area is 291 Å². The van der Waals surface area contributed by atoms with E-state index in [1.54, 1.807) is 19.1 Å². The zero-order valence-corrected chi connectivity index (χ0v) is 29.7. The topological polar surface area (TPSA) is 181 Å². The van der Waals surface area contributed by atoms with Gasteiger partial charge in [0.15, 0.2) is 19.7 Å². The number of aromatic carboxylic acids is 1. The highest BCUT2D eigenvalue weighted by molar-refractivity contribution is 7.91. The number of carbonyl (C=O) groups is 2. The molecule has 0 bridgehead atoms. The summed E-state index contributed by atoms with van der Waals surface area (Å²) in [7, 11) is -7.00. The zero-order chi connectivity index (χ0) is 36.8. The van der Waals surface area contributed by atoms with E-state index in [0.29, 0.717) is 22.5 Å². The minimum Gasteiger partial charge on any atom is -0.478 e. The van der Waals surface area contributed by atoms with Crippen molar-refractivity contribution >= 4 is 31.6 Å². The Balaban J connectivity index is 0.000000244. The van der Waals surface area contributed by atoms with Crippen LogP contribution in [0.5, 0.6) is 0 Å². The molecule has 0 saturated carbocycles. The Kier molecular flexibility index (Phi) is 11.7. The van der Waals surface area contributed by atoms with Crippen LogP contribution in [0.2, 0.25) is 0 Å². The molecule has 0 spiro atoms. The molecule has 0 aliphatic heterocycles. The van der Waals surface area contributed by atoms with Crippen LogP contribution >= 0.6 is 0 Å². The SMILES string of the molecule is Cc1ccc(-c2cc(C(=O)N[C@H](CO)c3cnc(C)nc3)cc(S(C)(=O)=O)c2)cc1.Cc1ccc(-c2cc(C(=O)O)cc(S(C)(=O)=O)c2)cc1. The number of hydrogen-bond acceptors (Lipinski definition) is 9. The third-order valence-electron chi connectivity index (χ3n) is 7.64. The molecule has 1 heterocycles. The van der Waals surface area contributed by atoms with Crippen LogP contribution in [0.4, 0.5) is 0 Å². The summed E-state index contributed by atoms with van der Waals surface area (Å²) in [6, 6.07) is 23.0. The highest BCUT2D eigenvalue weighted by Gasteiger charge is 2.20. The maximum absolute atomic E-state index is 12.9. The van der Waals surface area contributed by atoms with Gasteiger partial charge in [-0.3, -0.25) is 4.79 Å². The molecule has 13 heteroatoms. The number of carbonyl (C=O) groups excluding carboxylic acids is 1. The van der Waals surface area contributed by atoms with Crippen molar-refractivity contribution in [2.45, 2.75) is 36.6 Å². The first-order chi connectivity index (χ1) is 23.4. The minimum absolute atomic E-state index is 0.00738. The number of rotatable bonds is 9. The molecule has 4 aromatic carbocycles. The first-order valence-electron chi connectivity index (χ1n) is 15.2. The van der Waals surface area contributed by atoms with E-state index < -0.39 is 37.6 Å². The predicted octanol–water partition coefficient (Wildman–Crippen LogP) is 5.39. The molecule has 0 unspecified atom stereocenters. The Morgan fingerprint density at radius 2 is 1.08 bits per heavy atom. The molecular formula is C37H37N3O8S2. The zero-order valence-electron chi connectivity index (χ0n) is 28.1. The summed E-state index contributed by atoms with van der Waals surface area (Å²) in [5.74, 6) is -1.08. The lowest BCUT2D eigenvalue weighted by Crippen LogP contribution is -2.31. The molecule has 0 aliphatic carbocycles. The van der Waals surface area contributed by atoms with Crippen LogP contribution in [0, 0.1) is 20.8 Å². The van der Waals surface area contributed by atoms with Gasteiger partial charge in [-0.05, 0) is 79.4 Å². The van der Waals surface area contributed by atoms with Gasteiger partial charge < -0.3 is 15.5 Å². The molecular weight excluding hydrogens is 679 g/mol. The largest absolute Gasteiger partial charge is 0.478 e. The maximum Gasteiger partial charge on any atom is 0.335 e. The van der Waals surface area contributed by atoms with E-state index >= 15 is 0 Å². The smallest absolute Gasteiger partial charge is 0.335 e. The average Bonchev–Trinajstić information content (AvgIpc) is 3.07. The van der Waals surface area contributed by atoms with Crippen molar-refractivity contribution < 1.29 is 36.6 Å². The number of amides is 1. The second-order valence-corrected chi connectivity index (χ2v) is 15.9. The van der Waals surface area contributed by atoms with Gasteiger partial charge in [0.2, 0.25) is 0 Å². The van der Waals surface area contributed by atoms with E-state index in [1.807, 2.05) is 62.4 Å². The fraction of sp³-hybridized carbons (Fsp3) is 0.189. The molecule has 0 aliphatic rings. The number of aliphatic hydroxyl groups excluding tert-OH is 1. The fourth-order valence-corrected chi connectivity index (χ4v) is 6.13. The monoisotopic (exact) mass is 715 g/mol. The normalized spacial score (nSPS) is 12.0. The number of aryl methyl sites for hydroxylation is 3. The van der Waals surface area contributed by atoms with Crippen LogP contribution in [0.3, 0.4) is 0 Å². The van der Waals surface area contributed by atoms with Gasteiger partial charge in [-0.15, -0.1) is 0 Å². The van der Waals surface area contributed by atoms with E-state index in [0.717, 1.165) is 34.8 Å². The van der Waals surface area contributed by atoms with E-state index in [2.05, 4.69) is 15.3 Å². The Bertz CT molecular complexity index is 2240. The number of benzene rings is 4. The Morgan fingerprint density at radius 3 is 1.48 bits per heavy atom. The van der Waals surface area contributed by atoms with E-state index in [1.165, 1.54) is 36.7 Å². The average molecular weight is 716 g/mol. The van der Waals surface area contributed by atoms with E-state index in [9.17, 15) is 31.5 Å². The number of nitrogens with one attached hydrogen (secondary N) is 1. The molecule has 5 aromatic rings. The van der Waals surface area contributed by atoms with Crippen molar-refractivity contribution in [2.75, 3.05) is 19.1 Å². The van der Waals surface area contributed by atoms with Crippen molar-refractivity contribution in [3.63, 3.8) is 0 Å². The summed E-state index contributed by atoms with van der Waals surface area (Å²) in [4.78, 5) is 32.3. The van der Waals surface area contributed by atoms with Gasteiger partial charge in [-0.2, -0.15) is 0 Å². The molecule has 1 atom stereocenters. The first kappa shape index (κ1) is 37.6. The molecule has 3 N–H and O–H groups in total. The van der Waals surface area contributed by atoms with Gasteiger partial charge in [0, 0.05) is 36.0 Å². The standard InChI is InChI=1S/C22H23N3O4S.C15H14O4S/c1-14-4-6-16(7-5-14)17-8-18(10-20(9-17)30(3,28)29)22(27)25-21(13-26)19-11-23-15(2)24-12-19;1-10-3-5-11(6-4-10)12-7-13(15(16)17)9-14(8-12)20(2,18)19/h4-12,21,26H,13H2,1-3H3,(H,25,27);3-9H,1-2H3,(H,16,17)/t21-;/m1./s1. The van der Waals surface area contributed by atoms with Crippen molar-refractivity contribution in [2.24, 2.45) is 0 Å². The number of aliphatic hydroxyl groups is 1. The number of aromatic nitrogens is 2. The molecule has 1 aromatic heterocycles. The molecule has 0 radical (unpaired) electrons. The van der Waals surface area contributed by atoms with Gasteiger partial charge in [0.05, 0.1) is 28.0 Å². The van der Waals surface area contributed by atoms with Gasteiger partial charge in [-0.1, -0.05) is 59.7 Å². The maximum atomic E-state index is 12.9. The fourth-order valence-electron chi connectivity index (χ4n) is 4.76. The van der Waals surface area contributed by atoms with Crippen molar-refractivity contribution in [3.05, 3.63) is 131 Å². The summed E-state index contributed by atoms with van der Waals surface area (Å²) >= 11 is 0. The molecule has 50 heavy (non-hydrogen) atoms. The van der Waals surface area contributed by atoms with Gasteiger partial charge in [0.1, 0.15) is 5.82 Å². The summed E-state index contributed by atoms with van der Waals surface area (Å²) in [6.45, 7) is 5.28. The van der Waals surface area contributed by atoms with Crippen LogP contribution in [0.15, 0.2) is 107 Å². The number of carboxylic acids is 1. The molecule has 0 saturated heterocycles. The Hall–Kier alpha value is -5.24. The lowest BCUT2D eigenvalue weighted by Gasteiger charge is -2.17. The predicted molar refractivity (Wildman–Crippen MR) is 190 cm³/mol. The quantitative estimate of drug-likeness (QED) is 0.179. The van der Waals surface area contributed by atoms with Crippen LogP contribution in [-0.2, 0) is 19.7 Å².